The second-order valence-electron chi connectivity index (χ2n) is 6.91. The van der Waals surface area contributed by atoms with Gasteiger partial charge in [-0.3, -0.25) is 14.5 Å². The van der Waals surface area contributed by atoms with Crippen LogP contribution in [0.1, 0.15) is 21.3 Å². The quantitative estimate of drug-likeness (QED) is 0.678. The van der Waals surface area contributed by atoms with Crippen LogP contribution in [0, 0.1) is 0 Å². The Balaban J connectivity index is 1.41. The van der Waals surface area contributed by atoms with E-state index in [-0.39, 0.29) is 24.0 Å². The number of nitrogens with one attached hydrogen (secondary N) is 1. The normalized spacial score (nSPS) is 17.3. The Morgan fingerprint density at radius 1 is 0.967 bits per heavy atom. The van der Waals surface area contributed by atoms with Crippen LogP contribution in [0.3, 0.4) is 0 Å². The molecule has 2 aliphatic rings. The topological polar surface area (TPSA) is 67.9 Å². The number of hydrogen-bond donors (Lipinski definition) is 1. The molecule has 0 radical (unpaired) electrons. The van der Waals surface area contributed by atoms with Crippen LogP contribution in [0.15, 0.2) is 72.8 Å². The minimum Gasteiger partial charge on any atom is -0.454 e. The van der Waals surface area contributed by atoms with E-state index in [1.54, 1.807) is 28.8 Å². The van der Waals surface area contributed by atoms with Gasteiger partial charge in [-0.25, -0.2) is 0 Å². The van der Waals surface area contributed by atoms with Crippen LogP contribution in [0.4, 0.5) is 11.4 Å². The minimum absolute atomic E-state index is 0.0302. The first-order valence-electron chi connectivity index (χ1n) is 9.49. The maximum absolute atomic E-state index is 12.7. The maximum atomic E-state index is 12.7. The van der Waals surface area contributed by atoms with Gasteiger partial charge in [0, 0.05) is 23.0 Å². The summed E-state index contributed by atoms with van der Waals surface area (Å²) in [4.78, 5) is 26.9. The molecule has 150 valence electrons. The molecule has 7 heteroatoms. The molecule has 0 aliphatic carbocycles. The smallest absolute Gasteiger partial charge is 0.255 e. The highest BCUT2D eigenvalue weighted by molar-refractivity contribution is 8.00. The predicted molar refractivity (Wildman–Crippen MR) is 116 cm³/mol. The van der Waals surface area contributed by atoms with Crippen molar-refractivity contribution in [1.29, 1.82) is 0 Å². The molecule has 0 aromatic heterocycles. The molecule has 3 aromatic carbocycles. The van der Waals surface area contributed by atoms with Gasteiger partial charge in [-0.2, -0.15) is 0 Å². The molecule has 2 heterocycles. The molecule has 6 nitrogen and oxygen atoms in total. The van der Waals surface area contributed by atoms with E-state index in [4.69, 9.17) is 9.47 Å². The fraction of sp³-hybridized carbons (Fsp3) is 0.130. The van der Waals surface area contributed by atoms with E-state index < -0.39 is 0 Å². The van der Waals surface area contributed by atoms with E-state index in [2.05, 4.69) is 5.32 Å². The lowest BCUT2D eigenvalue weighted by atomic mass is 10.1. The molecule has 1 saturated heterocycles. The van der Waals surface area contributed by atoms with Crippen LogP contribution in [-0.2, 0) is 4.79 Å². The Kier molecular flexibility index (Phi) is 4.80. The molecule has 0 bridgehead atoms. The van der Waals surface area contributed by atoms with Crippen molar-refractivity contribution in [3.63, 3.8) is 0 Å². The highest BCUT2D eigenvalue weighted by atomic mass is 32.2. The second-order valence-corrected chi connectivity index (χ2v) is 7.98. The number of amides is 2. The Morgan fingerprint density at radius 2 is 1.80 bits per heavy atom. The van der Waals surface area contributed by atoms with Crippen molar-refractivity contribution >= 4 is 35.0 Å². The zero-order chi connectivity index (χ0) is 20.5. The van der Waals surface area contributed by atoms with Crippen LogP contribution in [0.25, 0.3) is 0 Å². The third kappa shape index (κ3) is 3.48. The van der Waals surface area contributed by atoms with Crippen molar-refractivity contribution in [2.24, 2.45) is 0 Å². The van der Waals surface area contributed by atoms with Crippen LogP contribution >= 0.6 is 11.8 Å². The summed E-state index contributed by atoms with van der Waals surface area (Å²) in [5.74, 6) is 1.57. The lowest BCUT2D eigenvalue weighted by molar-refractivity contribution is -0.115. The largest absolute Gasteiger partial charge is 0.454 e. The third-order valence-electron chi connectivity index (χ3n) is 4.97. The summed E-state index contributed by atoms with van der Waals surface area (Å²) in [6, 6.07) is 22.2. The fourth-order valence-corrected chi connectivity index (χ4v) is 4.71. The lowest BCUT2D eigenvalue weighted by Gasteiger charge is -2.25. The van der Waals surface area contributed by atoms with Crippen molar-refractivity contribution in [2.75, 3.05) is 22.8 Å². The van der Waals surface area contributed by atoms with E-state index >= 15 is 0 Å². The number of carbonyl (C=O) groups is 2. The van der Waals surface area contributed by atoms with Gasteiger partial charge in [0.15, 0.2) is 11.5 Å². The molecular weight excluding hydrogens is 400 g/mol. The van der Waals surface area contributed by atoms with Crippen molar-refractivity contribution in [3.8, 4) is 11.5 Å². The van der Waals surface area contributed by atoms with Crippen LogP contribution in [0.5, 0.6) is 11.5 Å². The van der Waals surface area contributed by atoms with Gasteiger partial charge < -0.3 is 14.8 Å². The summed E-state index contributed by atoms with van der Waals surface area (Å²) in [6.07, 6.45) is 0. The van der Waals surface area contributed by atoms with E-state index in [1.807, 2.05) is 60.7 Å². The van der Waals surface area contributed by atoms with Gasteiger partial charge in [0.2, 0.25) is 12.7 Å². The van der Waals surface area contributed by atoms with Crippen LogP contribution < -0.4 is 19.7 Å². The lowest BCUT2D eigenvalue weighted by Crippen LogP contribution is -2.27. The summed E-state index contributed by atoms with van der Waals surface area (Å²) < 4.78 is 10.8. The van der Waals surface area contributed by atoms with Crippen molar-refractivity contribution < 1.29 is 19.1 Å². The highest BCUT2D eigenvalue weighted by Gasteiger charge is 2.35. The number of rotatable bonds is 4. The number of thioether (sulfide) groups is 1. The van der Waals surface area contributed by atoms with E-state index in [0.29, 0.717) is 28.5 Å². The average Bonchev–Trinajstić information content (AvgIpc) is 3.40. The van der Waals surface area contributed by atoms with Gasteiger partial charge in [-0.1, -0.05) is 30.3 Å². The minimum atomic E-state index is -0.188. The SMILES string of the molecule is O=C(Nc1cccc([C@H]2SCC(=O)N2c2ccc3c(c2)OCO3)c1)c1ccccc1. The summed E-state index contributed by atoms with van der Waals surface area (Å²) in [6.45, 7) is 0.189. The van der Waals surface area contributed by atoms with Crippen LogP contribution in [0.2, 0.25) is 0 Å². The number of nitrogens with zero attached hydrogens (tertiary/aromatic N) is 1. The average molecular weight is 418 g/mol. The number of ether oxygens (including phenoxy) is 2. The maximum Gasteiger partial charge on any atom is 0.255 e. The zero-order valence-electron chi connectivity index (χ0n) is 15.9. The molecule has 0 saturated carbocycles. The first kappa shape index (κ1) is 18.6. The molecule has 30 heavy (non-hydrogen) atoms. The second kappa shape index (κ2) is 7.76. The summed E-state index contributed by atoms with van der Waals surface area (Å²) in [5.41, 5.74) is 2.98. The van der Waals surface area contributed by atoms with Gasteiger partial charge in [-0.15, -0.1) is 11.8 Å². The van der Waals surface area contributed by atoms with E-state index in [9.17, 15) is 9.59 Å². The van der Waals surface area contributed by atoms with Gasteiger partial charge in [-0.05, 0) is 42.0 Å². The summed E-state index contributed by atoms with van der Waals surface area (Å²) in [5, 5.41) is 2.75. The summed E-state index contributed by atoms with van der Waals surface area (Å²) in [7, 11) is 0. The summed E-state index contributed by atoms with van der Waals surface area (Å²) >= 11 is 1.56. The molecule has 1 N–H and O–H groups in total. The highest BCUT2D eigenvalue weighted by Crippen LogP contribution is 2.45. The van der Waals surface area contributed by atoms with Crippen LogP contribution in [-0.4, -0.2) is 24.4 Å². The van der Waals surface area contributed by atoms with Crippen molar-refractivity contribution in [1.82, 2.24) is 0 Å². The van der Waals surface area contributed by atoms with Crippen molar-refractivity contribution in [2.45, 2.75) is 5.37 Å². The van der Waals surface area contributed by atoms with Gasteiger partial charge in [0.25, 0.3) is 5.91 Å². The molecule has 0 spiro atoms. The first-order valence-corrected chi connectivity index (χ1v) is 10.5. The number of hydrogen-bond acceptors (Lipinski definition) is 5. The Labute approximate surface area is 177 Å². The Morgan fingerprint density at radius 3 is 2.67 bits per heavy atom. The zero-order valence-corrected chi connectivity index (χ0v) is 16.7. The molecule has 3 aromatic rings. The van der Waals surface area contributed by atoms with Gasteiger partial charge in [0.1, 0.15) is 5.37 Å². The first-order chi connectivity index (χ1) is 14.7. The van der Waals surface area contributed by atoms with Crippen molar-refractivity contribution in [3.05, 3.63) is 83.9 Å². The standard InChI is InChI=1S/C23H18N2O4S/c26-21-13-30-23(25(21)18-9-10-19-20(12-18)29-14-28-19)16-7-4-8-17(11-16)24-22(27)15-5-2-1-3-6-15/h1-12,23H,13-14H2,(H,24,27)/t23-/m1/s1. The third-order valence-corrected chi connectivity index (χ3v) is 6.18. The Bertz CT molecular complexity index is 1120. The molecular formula is C23H18N2O4S. The molecule has 5 rings (SSSR count). The molecule has 1 atom stereocenters. The monoisotopic (exact) mass is 418 g/mol. The molecule has 0 unspecified atom stereocenters. The predicted octanol–water partition coefficient (Wildman–Crippen LogP) is 4.45. The molecule has 1 fully saturated rings. The number of fused-ring (bicyclic) bond motifs is 1. The Hall–Kier alpha value is -3.45. The number of carbonyl (C=O) groups excluding carboxylic acids is 2. The molecule has 2 amide bonds. The van der Waals surface area contributed by atoms with Gasteiger partial charge in [0.05, 0.1) is 5.75 Å². The van der Waals surface area contributed by atoms with Gasteiger partial charge >= 0.3 is 0 Å². The molecule has 2 aliphatic heterocycles. The fourth-order valence-electron chi connectivity index (χ4n) is 3.55. The number of benzene rings is 3. The number of anilines is 2. The van der Waals surface area contributed by atoms with E-state index in [0.717, 1.165) is 11.3 Å². The van der Waals surface area contributed by atoms with E-state index in [1.165, 1.54) is 0 Å².